The van der Waals surface area contributed by atoms with Gasteiger partial charge in [-0.2, -0.15) is 0 Å². The SMILES string of the molecule is Cc1nc2n(c1C(=O)N1CCC[C@H]1C(=O)Nc1ccc(/C=C/c3ccc(NC(=O)[C@@H]4CCCN4C(=O)c4c(C)nc5sccn45)cc3)cc1)C=CC2. The lowest BCUT2D eigenvalue weighted by atomic mass is 10.1. The fourth-order valence-electron chi connectivity index (χ4n) is 7.42. The number of fused-ring (bicyclic) bond motifs is 2. The topological polar surface area (TPSA) is 134 Å². The number of thiazole rings is 1. The number of benzene rings is 2. The molecule has 6 heterocycles. The van der Waals surface area contributed by atoms with E-state index in [1.54, 1.807) is 14.2 Å². The molecule has 2 atom stereocenters. The first-order valence-electron chi connectivity index (χ1n) is 17.5. The summed E-state index contributed by atoms with van der Waals surface area (Å²) in [6.07, 6.45) is 13.1. The number of anilines is 2. The van der Waals surface area contributed by atoms with E-state index in [4.69, 9.17) is 0 Å². The van der Waals surface area contributed by atoms with E-state index in [9.17, 15) is 19.2 Å². The molecule has 0 aliphatic carbocycles. The summed E-state index contributed by atoms with van der Waals surface area (Å²) in [6, 6.07) is 14.0. The molecule has 52 heavy (non-hydrogen) atoms. The lowest BCUT2D eigenvalue weighted by molar-refractivity contribution is -0.120. The number of nitrogens with one attached hydrogen (secondary N) is 2. The number of hydrogen-bond acceptors (Lipinski definition) is 7. The minimum Gasteiger partial charge on any atom is -0.325 e. The summed E-state index contributed by atoms with van der Waals surface area (Å²) in [5, 5.41) is 7.88. The minimum atomic E-state index is -0.548. The Morgan fingerprint density at radius 1 is 0.750 bits per heavy atom. The number of carbonyl (C=O) groups excluding carboxylic acids is 4. The van der Waals surface area contributed by atoms with E-state index in [0.29, 0.717) is 66.5 Å². The van der Waals surface area contributed by atoms with Crippen LogP contribution in [0.4, 0.5) is 11.4 Å². The number of carbonyl (C=O) groups is 4. The monoisotopic (exact) mass is 714 g/mol. The summed E-state index contributed by atoms with van der Waals surface area (Å²) in [6.45, 7) is 4.72. The van der Waals surface area contributed by atoms with Crippen molar-refractivity contribution in [2.75, 3.05) is 23.7 Å². The molecular weight excluding hydrogens is 677 g/mol. The summed E-state index contributed by atoms with van der Waals surface area (Å²) in [5.74, 6) is 0.109. The number of imidazole rings is 2. The molecule has 3 aromatic heterocycles. The normalized spacial score (nSPS) is 18.1. The molecule has 3 aliphatic heterocycles. The molecule has 5 aromatic rings. The molecule has 0 saturated carbocycles. The first-order chi connectivity index (χ1) is 25.2. The maximum atomic E-state index is 13.5. The Hall–Kier alpha value is -5.82. The van der Waals surface area contributed by atoms with Gasteiger partial charge in [-0.15, -0.1) is 11.3 Å². The molecule has 12 nitrogen and oxygen atoms in total. The second-order valence-corrected chi connectivity index (χ2v) is 14.3. The van der Waals surface area contributed by atoms with Gasteiger partial charge in [0.25, 0.3) is 11.8 Å². The van der Waals surface area contributed by atoms with Gasteiger partial charge in [0.05, 0.1) is 11.4 Å². The molecule has 0 bridgehead atoms. The largest absolute Gasteiger partial charge is 0.325 e. The highest BCUT2D eigenvalue weighted by atomic mass is 32.1. The summed E-state index contributed by atoms with van der Waals surface area (Å²) in [4.78, 5) is 66.8. The van der Waals surface area contributed by atoms with Gasteiger partial charge in [-0.1, -0.05) is 42.5 Å². The molecule has 13 heteroatoms. The Morgan fingerprint density at radius 2 is 1.29 bits per heavy atom. The van der Waals surface area contributed by atoms with Gasteiger partial charge in [0.2, 0.25) is 11.8 Å². The van der Waals surface area contributed by atoms with E-state index in [2.05, 4.69) is 20.6 Å². The summed E-state index contributed by atoms with van der Waals surface area (Å²) in [5.41, 5.74) is 5.61. The van der Waals surface area contributed by atoms with E-state index in [1.165, 1.54) is 11.3 Å². The molecule has 264 valence electrons. The number of aryl methyl sites for hydroxylation is 2. The maximum Gasteiger partial charge on any atom is 0.273 e. The van der Waals surface area contributed by atoms with Crippen LogP contribution in [0.2, 0.25) is 0 Å². The number of likely N-dealkylation sites (tertiary alicyclic amines) is 2. The number of amides is 4. The first kappa shape index (κ1) is 33.3. The number of rotatable bonds is 8. The van der Waals surface area contributed by atoms with Crippen LogP contribution in [0.25, 0.3) is 23.3 Å². The number of aromatic nitrogens is 4. The Labute approximate surface area is 304 Å². The molecule has 0 spiro atoms. The highest BCUT2D eigenvalue weighted by molar-refractivity contribution is 7.15. The van der Waals surface area contributed by atoms with Crippen LogP contribution in [0.15, 0.2) is 66.2 Å². The van der Waals surface area contributed by atoms with Gasteiger partial charge in [0.1, 0.15) is 29.3 Å². The number of allylic oxidation sites excluding steroid dienone is 1. The minimum absolute atomic E-state index is 0.162. The second kappa shape index (κ2) is 13.7. The van der Waals surface area contributed by atoms with E-state index < -0.39 is 12.1 Å². The Balaban J connectivity index is 0.855. The van der Waals surface area contributed by atoms with Crippen LogP contribution >= 0.6 is 11.3 Å². The zero-order chi connectivity index (χ0) is 35.9. The fourth-order valence-corrected chi connectivity index (χ4v) is 8.18. The molecule has 2 saturated heterocycles. The van der Waals surface area contributed by atoms with Gasteiger partial charge in [0, 0.05) is 48.7 Å². The van der Waals surface area contributed by atoms with Crippen molar-refractivity contribution in [2.45, 2.75) is 58.0 Å². The standard InChI is InChI=1S/C39H38N8O4S/c1-24-33(46-21-5-8-32(46)40-24)37(50)44-19-3-6-30(44)35(48)42-28-15-11-26(12-16-28)9-10-27-13-17-29(18-14-27)43-36(49)31-7-4-20-45(31)38(51)34-25(2)41-39-47(34)22-23-52-39/h5,9-18,21-23,30-31H,3-4,6-8,19-20H2,1-2H3,(H,42,48)(H,43,49)/b10-9+/t30-,31-/m0/s1. The number of nitrogens with zero attached hydrogens (tertiary/aromatic N) is 6. The van der Waals surface area contributed by atoms with Crippen LogP contribution in [0.3, 0.4) is 0 Å². The average Bonchev–Trinajstić information content (AvgIpc) is 3.98. The first-order valence-corrected chi connectivity index (χ1v) is 18.4. The Morgan fingerprint density at radius 3 is 1.87 bits per heavy atom. The van der Waals surface area contributed by atoms with Gasteiger partial charge in [-0.25, -0.2) is 9.97 Å². The Bertz CT molecular complexity index is 2260. The van der Waals surface area contributed by atoms with Crippen LogP contribution in [-0.4, -0.2) is 77.5 Å². The fraction of sp³-hybridized carbons (Fsp3) is 0.282. The van der Waals surface area contributed by atoms with Crippen LogP contribution < -0.4 is 10.6 Å². The zero-order valence-electron chi connectivity index (χ0n) is 28.9. The zero-order valence-corrected chi connectivity index (χ0v) is 29.7. The molecule has 2 N–H and O–H groups in total. The van der Waals surface area contributed by atoms with Crippen LogP contribution in [0.1, 0.15) is 75.0 Å². The lowest BCUT2D eigenvalue weighted by Gasteiger charge is -2.24. The number of hydrogen-bond donors (Lipinski definition) is 2. The highest BCUT2D eigenvalue weighted by Crippen LogP contribution is 2.27. The van der Waals surface area contributed by atoms with Gasteiger partial charge in [0.15, 0.2) is 4.96 Å². The van der Waals surface area contributed by atoms with Crippen molar-refractivity contribution in [1.82, 2.24) is 28.7 Å². The van der Waals surface area contributed by atoms with Crippen molar-refractivity contribution < 1.29 is 19.2 Å². The van der Waals surface area contributed by atoms with Gasteiger partial charge < -0.3 is 20.4 Å². The molecule has 3 aliphatic rings. The summed E-state index contributed by atoms with van der Waals surface area (Å²) < 4.78 is 3.64. The molecule has 2 fully saturated rings. The van der Waals surface area contributed by atoms with Gasteiger partial charge in [-0.3, -0.25) is 28.1 Å². The third-order valence-corrected chi connectivity index (χ3v) is 10.8. The second-order valence-electron chi connectivity index (χ2n) is 13.4. The maximum absolute atomic E-state index is 13.5. The van der Waals surface area contributed by atoms with Crippen molar-refractivity contribution >= 4 is 69.7 Å². The Kier molecular flexibility index (Phi) is 8.79. The quantitative estimate of drug-likeness (QED) is 0.193. The molecule has 0 radical (unpaired) electrons. The average molecular weight is 715 g/mol. The smallest absolute Gasteiger partial charge is 0.273 e. The van der Waals surface area contributed by atoms with Crippen molar-refractivity contribution in [3.63, 3.8) is 0 Å². The predicted octanol–water partition coefficient (Wildman–Crippen LogP) is 5.89. The summed E-state index contributed by atoms with van der Waals surface area (Å²) >= 11 is 1.47. The van der Waals surface area contributed by atoms with Gasteiger partial charge >= 0.3 is 0 Å². The molecule has 4 amide bonds. The van der Waals surface area contributed by atoms with E-state index in [0.717, 1.165) is 34.8 Å². The van der Waals surface area contributed by atoms with Crippen LogP contribution in [0.5, 0.6) is 0 Å². The van der Waals surface area contributed by atoms with Crippen molar-refractivity contribution in [3.8, 4) is 0 Å². The predicted molar refractivity (Wildman–Crippen MR) is 201 cm³/mol. The summed E-state index contributed by atoms with van der Waals surface area (Å²) in [7, 11) is 0. The van der Waals surface area contributed by atoms with E-state index in [1.807, 2.05) is 103 Å². The molecule has 8 rings (SSSR count). The van der Waals surface area contributed by atoms with Crippen LogP contribution in [-0.2, 0) is 16.0 Å². The molecule has 0 unspecified atom stereocenters. The van der Waals surface area contributed by atoms with Crippen molar-refractivity contribution in [3.05, 3.63) is 106 Å². The van der Waals surface area contributed by atoms with Gasteiger partial charge in [-0.05, 0) is 74.9 Å². The highest BCUT2D eigenvalue weighted by Gasteiger charge is 2.38. The van der Waals surface area contributed by atoms with E-state index >= 15 is 0 Å². The van der Waals surface area contributed by atoms with Crippen LogP contribution in [0, 0.1) is 13.8 Å². The third-order valence-electron chi connectivity index (χ3n) is 10.0. The molecular formula is C39H38N8O4S. The molecule has 2 aromatic carbocycles. The third kappa shape index (κ3) is 6.21. The van der Waals surface area contributed by atoms with Crippen molar-refractivity contribution in [2.24, 2.45) is 0 Å². The van der Waals surface area contributed by atoms with E-state index in [-0.39, 0.29) is 23.6 Å². The van der Waals surface area contributed by atoms with Crippen molar-refractivity contribution in [1.29, 1.82) is 0 Å². The lowest BCUT2D eigenvalue weighted by Crippen LogP contribution is -2.43.